The summed E-state index contributed by atoms with van der Waals surface area (Å²) in [6.07, 6.45) is 0.295. The van der Waals surface area contributed by atoms with Gasteiger partial charge in [-0.05, 0) is 12.0 Å². The minimum atomic E-state index is -0.992. The lowest BCUT2D eigenvalue weighted by atomic mass is 10.1. The van der Waals surface area contributed by atoms with E-state index in [9.17, 15) is 9.59 Å². The number of hydrogen-bond donors (Lipinski definition) is 2. The molecule has 96 valence electrons. The first-order valence-electron chi connectivity index (χ1n) is 5.81. The number of aliphatic carboxylic acids is 1. The van der Waals surface area contributed by atoms with Crippen LogP contribution in [-0.4, -0.2) is 29.6 Å². The first-order chi connectivity index (χ1) is 8.66. The molecule has 2 atom stereocenters. The van der Waals surface area contributed by atoms with Crippen LogP contribution in [0.25, 0.3) is 0 Å². The van der Waals surface area contributed by atoms with Gasteiger partial charge in [0.15, 0.2) is 0 Å². The van der Waals surface area contributed by atoms with Gasteiger partial charge in [-0.25, -0.2) is 4.79 Å². The molecule has 5 nitrogen and oxygen atoms in total. The van der Waals surface area contributed by atoms with E-state index in [0.29, 0.717) is 13.0 Å². The second-order valence-electron chi connectivity index (χ2n) is 4.33. The normalized spacial score (nSPS) is 22.8. The van der Waals surface area contributed by atoms with Crippen LogP contribution in [0.4, 0.5) is 0 Å². The maximum atomic E-state index is 11.5. The molecule has 0 aromatic heterocycles. The number of benzene rings is 1. The minimum Gasteiger partial charge on any atom is -0.480 e. The third-order valence-electron chi connectivity index (χ3n) is 2.94. The summed E-state index contributed by atoms with van der Waals surface area (Å²) in [6, 6.07) is 8.86. The van der Waals surface area contributed by atoms with Crippen LogP contribution in [0.1, 0.15) is 12.0 Å². The molecule has 1 aromatic carbocycles. The van der Waals surface area contributed by atoms with E-state index < -0.39 is 12.0 Å². The fourth-order valence-electron chi connectivity index (χ4n) is 1.94. The Balaban J connectivity index is 1.78. The maximum absolute atomic E-state index is 11.5. The van der Waals surface area contributed by atoms with Gasteiger partial charge in [-0.1, -0.05) is 30.3 Å². The zero-order valence-electron chi connectivity index (χ0n) is 9.83. The van der Waals surface area contributed by atoms with Crippen LogP contribution in [0, 0.1) is 5.92 Å². The monoisotopic (exact) mass is 249 g/mol. The zero-order chi connectivity index (χ0) is 13.0. The topological polar surface area (TPSA) is 75.6 Å². The van der Waals surface area contributed by atoms with E-state index in [-0.39, 0.29) is 18.4 Å². The van der Waals surface area contributed by atoms with Gasteiger partial charge in [-0.15, -0.1) is 0 Å². The highest BCUT2D eigenvalue weighted by Crippen LogP contribution is 2.16. The van der Waals surface area contributed by atoms with Gasteiger partial charge in [0.2, 0.25) is 5.91 Å². The molecule has 1 saturated heterocycles. The van der Waals surface area contributed by atoms with Crippen LogP contribution < -0.4 is 5.32 Å². The lowest BCUT2D eigenvalue weighted by molar-refractivity contribution is -0.140. The van der Waals surface area contributed by atoms with Crippen molar-refractivity contribution >= 4 is 11.9 Å². The predicted molar refractivity (Wildman–Crippen MR) is 63.8 cm³/mol. The first kappa shape index (κ1) is 12.6. The highest BCUT2D eigenvalue weighted by molar-refractivity contribution is 5.88. The van der Waals surface area contributed by atoms with E-state index in [1.807, 2.05) is 30.3 Å². The lowest BCUT2D eigenvalue weighted by Crippen LogP contribution is -2.33. The Morgan fingerprint density at radius 3 is 2.72 bits per heavy atom. The van der Waals surface area contributed by atoms with Gasteiger partial charge in [0, 0.05) is 0 Å². The fraction of sp³-hybridized carbons (Fsp3) is 0.385. The number of carbonyl (C=O) groups is 2. The summed E-state index contributed by atoms with van der Waals surface area (Å²) in [6.45, 7) is 0.687. The number of rotatable bonds is 5. The van der Waals surface area contributed by atoms with E-state index in [1.54, 1.807) is 0 Å². The van der Waals surface area contributed by atoms with Crippen molar-refractivity contribution in [2.75, 3.05) is 6.61 Å². The van der Waals surface area contributed by atoms with E-state index in [0.717, 1.165) is 5.56 Å². The summed E-state index contributed by atoms with van der Waals surface area (Å²) in [5, 5.41) is 11.2. The van der Waals surface area contributed by atoms with Gasteiger partial charge in [-0.2, -0.15) is 0 Å². The van der Waals surface area contributed by atoms with Gasteiger partial charge in [-0.3, -0.25) is 4.79 Å². The molecule has 1 aromatic rings. The Kier molecular flexibility index (Phi) is 3.94. The Morgan fingerprint density at radius 1 is 1.39 bits per heavy atom. The standard InChI is InChI=1S/C13H15NO4/c15-12-10(6-11(14-12)13(16)17)8-18-7-9-4-2-1-3-5-9/h1-5,10-11H,6-8H2,(H,14,15)(H,16,17)/t10?,11-/m1/s1. The van der Waals surface area contributed by atoms with Gasteiger partial charge in [0.1, 0.15) is 6.04 Å². The molecule has 1 aliphatic heterocycles. The number of carbonyl (C=O) groups excluding carboxylic acids is 1. The van der Waals surface area contributed by atoms with Gasteiger partial charge >= 0.3 is 5.97 Å². The van der Waals surface area contributed by atoms with E-state index in [1.165, 1.54) is 0 Å². The largest absolute Gasteiger partial charge is 0.480 e. The van der Waals surface area contributed by atoms with E-state index in [2.05, 4.69) is 5.32 Å². The van der Waals surface area contributed by atoms with Crippen LogP contribution in [0.3, 0.4) is 0 Å². The quantitative estimate of drug-likeness (QED) is 0.809. The average Bonchev–Trinajstić information content (AvgIpc) is 2.73. The molecule has 2 rings (SSSR count). The molecule has 0 saturated carbocycles. The molecule has 1 unspecified atom stereocenters. The SMILES string of the molecule is O=C1N[C@@H](C(=O)O)CC1COCc1ccccc1. The predicted octanol–water partition coefficient (Wildman–Crippen LogP) is 0.792. The molecule has 1 fully saturated rings. The highest BCUT2D eigenvalue weighted by atomic mass is 16.5. The van der Waals surface area contributed by atoms with Gasteiger partial charge < -0.3 is 15.2 Å². The maximum Gasteiger partial charge on any atom is 0.326 e. The van der Waals surface area contributed by atoms with Crippen molar-refractivity contribution in [1.82, 2.24) is 5.32 Å². The van der Waals surface area contributed by atoms with Crippen molar-refractivity contribution in [3.8, 4) is 0 Å². The van der Waals surface area contributed by atoms with Crippen molar-refractivity contribution in [3.63, 3.8) is 0 Å². The van der Waals surface area contributed by atoms with Crippen LogP contribution in [-0.2, 0) is 20.9 Å². The van der Waals surface area contributed by atoms with Crippen LogP contribution in [0.2, 0.25) is 0 Å². The molecule has 0 aliphatic carbocycles. The Bertz CT molecular complexity index is 432. The Hall–Kier alpha value is -1.88. The summed E-state index contributed by atoms with van der Waals surface area (Å²) < 4.78 is 5.45. The summed E-state index contributed by atoms with van der Waals surface area (Å²) in [7, 11) is 0. The Labute approximate surface area is 105 Å². The number of amides is 1. The fourth-order valence-corrected chi connectivity index (χ4v) is 1.94. The number of carboxylic acid groups (broad SMARTS) is 1. The second-order valence-corrected chi connectivity index (χ2v) is 4.33. The van der Waals surface area contributed by atoms with Crippen LogP contribution in [0.15, 0.2) is 30.3 Å². The number of hydrogen-bond acceptors (Lipinski definition) is 3. The molecule has 1 heterocycles. The molecule has 1 aliphatic rings. The molecule has 2 N–H and O–H groups in total. The van der Waals surface area contributed by atoms with Crippen molar-refractivity contribution < 1.29 is 19.4 Å². The zero-order valence-corrected chi connectivity index (χ0v) is 9.83. The second kappa shape index (κ2) is 5.64. The molecule has 1 amide bonds. The van der Waals surface area contributed by atoms with Gasteiger partial charge in [0.25, 0.3) is 0 Å². The number of carboxylic acids is 1. The number of nitrogens with one attached hydrogen (secondary N) is 1. The van der Waals surface area contributed by atoms with Crippen molar-refractivity contribution in [3.05, 3.63) is 35.9 Å². The smallest absolute Gasteiger partial charge is 0.326 e. The highest BCUT2D eigenvalue weighted by Gasteiger charge is 2.35. The van der Waals surface area contributed by atoms with E-state index >= 15 is 0 Å². The summed E-state index contributed by atoms with van der Waals surface area (Å²) in [4.78, 5) is 22.2. The number of ether oxygens (including phenoxy) is 1. The first-order valence-corrected chi connectivity index (χ1v) is 5.81. The van der Waals surface area contributed by atoms with Crippen molar-refractivity contribution in [2.24, 2.45) is 5.92 Å². The summed E-state index contributed by atoms with van der Waals surface area (Å²) in [5.41, 5.74) is 1.03. The molecule has 18 heavy (non-hydrogen) atoms. The summed E-state index contributed by atoms with van der Waals surface area (Å²) >= 11 is 0. The molecular weight excluding hydrogens is 234 g/mol. The molecule has 0 spiro atoms. The van der Waals surface area contributed by atoms with Gasteiger partial charge in [0.05, 0.1) is 19.1 Å². The van der Waals surface area contributed by atoms with Crippen LogP contribution >= 0.6 is 0 Å². The van der Waals surface area contributed by atoms with E-state index in [4.69, 9.17) is 9.84 Å². The molecular formula is C13H15NO4. The average molecular weight is 249 g/mol. The third-order valence-corrected chi connectivity index (χ3v) is 2.94. The third kappa shape index (κ3) is 3.07. The molecule has 5 heteroatoms. The minimum absolute atomic E-state index is 0.240. The molecule has 0 radical (unpaired) electrons. The summed E-state index contributed by atoms with van der Waals surface area (Å²) in [5.74, 6) is -1.60. The van der Waals surface area contributed by atoms with Crippen molar-refractivity contribution in [1.29, 1.82) is 0 Å². The molecule has 0 bridgehead atoms. The van der Waals surface area contributed by atoms with Crippen LogP contribution in [0.5, 0.6) is 0 Å². The Morgan fingerprint density at radius 2 is 2.11 bits per heavy atom. The van der Waals surface area contributed by atoms with Crippen molar-refractivity contribution in [2.45, 2.75) is 19.1 Å². The lowest BCUT2D eigenvalue weighted by Gasteiger charge is -2.08.